The van der Waals surface area contributed by atoms with Crippen LogP contribution >= 0.6 is 11.5 Å². The minimum Gasteiger partial charge on any atom is -0.346 e. The predicted octanol–water partition coefficient (Wildman–Crippen LogP) is 1.59. The van der Waals surface area contributed by atoms with E-state index in [0.29, 0.717) is 6.42 Å². The number of nitriles is 1. The zero-order valence-electron chi connectivity index (χ0n) is 7.82. The van der Waals surface area contributed by atoms with Crippen molar-refractivity contribution in [2.24, 2.45) is 0 Å². The largest absolute Gasteiger partial charge is 0.346 e. The molecule has 1 aromatic rings. The van der Waals surface area contributed by atoms with E-state index in [9.17, 15) is 0 Å². The Bertz CT molecular complexity index is 301. The van der Waals surface area contributed by atoms with Crippen molar-refractivity contribution in [3.05, 3.63) is 5.82 Å². The van der Waals surface area contributed by atoms with Crippen LogP contribution in [0.2, 0.25) is 0 Å². The SMILES string of the molecule is CCN(CCC#N)c1nc(C)ns1. The fraction of sp³-hybridized carbons (Fsp3) is 0.625. The molecule has 1 aromatic heterocycles. The Kier molecular flexibility index (Phi) is 3.65. The molecule has 70 valence electrons. The van der Waals surface area contributed by atoms with E-state index in [-0.39, 0.29) is 0 Å². The van der Waals surface area contributed by atoms with Crippen LogP contribution in [0, 0.1) is 18.3 Å². The first-order chi connectivity index (χ1) is 6.27. The highest BCUT2D eigenvalue weighted by Gasteiger charge is 2.07. The number of rotatable bonds is 4. The lowest BCUT2D eigenvalue weighted by Gasteiger charge is -2.16. The van der Waals surface area contributed by atoms with Crippen molar-refractivity contribution in [3.63, 3.8) is 0 Å². The zero-order chi connectivity index (χ0) is 9.68. The maximum absolute atomic E-state index is 8.45. The number of anilines is 1. The molecule has 1 heterocycles. The van der Waals surface area contributed by atoms with E-state index in [1.54, 1.807) is 0 Å². The Morgan fingerprint density at radius 2 is 2.38 bits per heavy atom. The van der Waals surface area contributed by atoms with Gasteiger partial charge in [-0.25, -0.2) is 4.98 Å². The summed E-state index contributed by atoms with van der Waals surface area (Å²) < 4.78 is 4.10. The Hall–Kier alpha value is -1.15. The summed E-state index contributed by atoms with van der Waals surface area (Å²) in [5.41, 5.74) is 0. The summed E-state index contributed by atoms with van der Waals surface area (Å²) in [7, 11) is 0. The van der Waals surface area contributed by atoms with Crippen molar-refractivity contribution in [2.75, 3.05) is 18.0 Å². The van der Waals surface area contributed by atoms with Gasteiger partial charge < -0.3 is 4.90 Å². The monoisotopic (exact) mass is 196 g/mol. The van der Waals surface area contributed by atoms with Crippen LogP contribution in [-0.2, 0) is 0 Å². The van der Waals surface area contributed by atoms with Crippen LogP contribution in [0.1, 0.15) is 19.2 Å². The van der Waals surface area contributed by atoms with Gasteiger partial charge in [0, 0.05) is 24.6 Å². The lowest BCUT2D eigenvalue weighted by molar-refractivity contribution is 0.820. The zero-order valence-corrected chi connectivity index (χ0v) is 8.63. The number of aryl methyl sites for hydroxylation is 1. The van der Waals surface area contributed by atoms with Gasteiger partial charge in [-0.15, -0.1) is 0 Å². The maximum atomic E-state index is 8.45. The molecular formula is C8H12N4S. The Morgan fingerprint density at radius 1 is 1.62 bits per heavy atom. The van der Waals surface area contributed by atoms with Crippen LogP contribution in [0.25, 0.3) is 0 Å². The third kappa shape index (κ3) is 2.67. The van der Waals surface area contributed by atoms with Crippen LogP contribution in [0.15, 0.2) is 0 Å². The van der Waals surface area contributed by atoms with E-state index in [2.05, 4.69) is 20.3 Å². The second-order valence-electron chi connectivity index (χ2n) is 2.61. The normalized spacial score (nSPS) is 9.62. The summed E-state index contributed by atoms with van der Waals surface area (Å²) in [6.45, 7) is 5.53. The first-order valence-corrected chi connectivity index (χ1v) is 4.97. The topological polar surface area (TPSA) is 52.8 Å². The van der Waals surface area contributed by atoms with Crippen molar-refractivity contribution in [1.82, 2.24) is 9.36 Å². The van der Waals surface area contributed by atoms with Crippen LogP contribution < -0.4 is 4.90 Å². The molecular weight excluding hydrogens is 184 g/mol. The molecule has 1 rings (SSSR count). The summed E-state index contributed by atoms with van der Waals surface area (Å²) in [5.74, 6) is 0.801. The first kappa shape index (κ1) is 9.93. The number of hydrogen-bond acceptors (Lipinski definition) is 5. The van der Waals surface area contributed by atoms with Gasteiger partial charge in [-0.2, -0.15) is 9.64 Å². The molecule has 0 saturated carbocycles. The lowest BCUT2D eigenvalue weighted by atomic mass is 10.4. The van der Waals surface area contributed by atoms with Gasteiger partial charge in [0.05, 0.1) is 12.5 Å². The van der Waals surface area contributed by atoms with Crippen LogP contribution in [0.5, 0.6) is 0 Å². The highest BCUT2D eigenvalue weighted by atomic mass is 32.1. The molecule has 5 heteroatoms. The van der Waals surface area contributed by atoms with Gasteiger partial charge in [-0.1, -0.05) is 0 Å². The molecule has 13 heavy (non-hydrogen) atoms. The van der Waals surface area contributed by atoms with E-state index < -0.39 is 0 Å². The van der Waals surface area contributed by atoms with Crippen LogP contribution in [0.3, 0.4) is 0 Å². The summed E-state index contributed by atoms with van der Waals surface area (Å²) in [6, 6.07) is 2.12. The predicted molar refractivity (Wildman–Crippen MR) is 52.8 cm³/mol. The fourth-order valence-electron chi connectivity index (χ4n) is 0.989. The molecule has 0 aromatic carbocycles. The number of aromatic nitrogens is 2. The van der Waals surface area contributed by atoms with Gasteiger partial charge >= 0.3 is 0 Å². The van der Waals surface area contributed by atoms with Crippen molar-refractivity contribution < 1.29 is 0 Å². The van der Waals surface area contributed by atoms with E-state index in [0.717, 1.165) is 24.0 Å². The molecule has 0 aliphatic heterocycles. The minimum atomic E-state index is 0.534. The summed E-state index contributed by atoms with van der Waals surface area (Å²) in [4.78, 5) is 6.32. The maximum Gasteiger partial charge on any atom is 0.205 e. The quantitative estimate of drug-likeness (QED) is 0.733. The molecule has 0 radical (unpaired) electrons. The van der Waals surface area contributed by atoms with Crippen LogP contribution in [0.4, 0.5) is 5.13 Å². The van der Waals surface area contributed by atoms with Gasteiger partial charge in [-0.05, 0) is 13.8 Å². The van der Waals surface area contributed by atoms with Crippen molar-refractivity contribution in [2.45, 2.75) is 20.3 Å². The van der Waals surface area contributed by atoms with Crippen molar-refractivity contribution in [3.8, 4) is 6.07 Å². The molecule has 4 nitrogen and oxygen atoms in total. The molecule has 0 fully saturated rings. The molecule has 0 amide bonds. The Morgan fingerprint density at radius 3 is 2.85 bits per heavy atom. The third-order valence-corrected chi connectivity index (χ3v) is 2.53. The van der Waals surface area contributed by atoms with Gasteiger partial charge in [0.25, 0.3) is 0 Å². The number of nitrogens with zero attached hydrogens (tertiary/aromatic N) is 4. The van der Waals surface area contributed by atoms with Crippen molar-refractivity contribution in [1.29, 1.82) is 5.26 Å². The summed E-state index contributed by atoms with van der Waals surface area (Å²) in [5, 5.41) is 9.37. The lowest BCUT2D eigenvalue weighted by Crippen LogP contribution is -2.23. The number of hydrogen-bond donors (Lipinski definition) is 0. The van der Waals surface area contributed by atoms with E-state index in [4.69, 9.17) is 5.26 Å². The molecule has 0 spiro atoms. The standard InChI is InChI=1S/C8H12N4S/c1-3-12(6-4-5-9)8-10-7(2)11-13-8/h3-4,6H2,1-2H3. The molecule has 0 aliphatic carbocycles. The Labute approximate surface area is 82.0 Å². The first-order valence-electron chi connectivity index (χ1n) is 4.20. The van der Waals surface area contributed by atoms with Gasteiger partial charge in [0.2, 0.25) is 5.13 Å². The van der Waals surface area contributed by atoms with E-state index in [1.165, 1.54) is 11.5 Å². The van der Waals surface area contributed by atoms with E-state index in [1.807, 2.05) is 13.8 Å². The highest BCUT2D eigenvalue weighted by molar-refractivity contribution is 7.09. The molecule has 0 N–H and O–H groups in total. The average molecular weight is 196 g/mol. The fourth-order valence-corrected chi connectivity index (χ4v) is 1.75. The molecule has 0 saturated heterocycles. The van der Waals surface area contributed by atoms with E-state index >= 15 is 0 Å². The molecule has 0 bridgehead atoms. The molecule has 0 aliphatic rings. The van der Waals surface area contributed by atoms with Crippen molar-refractivity contribution >= 4 is 16.7 Å². The van der Waals surface area contributed by atoms with Gasteiger partial charge in [-0.3, -0.25) is 0 Å². The Balaban J connectivity index is 2.62. The molecule has 0 atom stereocenters. The summed E-state index contributed by atoms with van der Waals surface area (Å²) >= 11 is 1.39. The second kappa shape index (κ2) is 4.77. The average Bonchev–Trinajstić information content (AvgIpc) is 2.54. The van der Waals surface area contributed by atoms with Gasteiger partial charge in [0.15, 0.2) is 0 Å². The minimum absolute atomic E-state index is 0.534. The molecule has 0 unspecified atom stereocenters. The smallest absolute Gasteiger partial charge is 0.205 e. The third-order valence-electron chi connectivity index (χ3n) is 1.66. The second-order valence-corrected chi connectivity index (χ2v) is 3.34. The van der Waals surface area contributed by atoms with Crippen LogP contribution in [-0.4, -0.2) is 22.4 Å². The highest BCUT2D eigenvalue weighted by Crippen LogP contribution is 2.16. The summed E-state index contributed by atoms with van der Waals surface area (Å²) in [6.07, 6.45) is 0.534. The van der Waals surface area contributed by atoms with Gasteiger partial charge in [0.1, 0.15) is 5.82 Å².